The number of aryl methyl sites for hydroxylation is 1. The summed E-state index contributed by atoms with van der Waals surface area (Å²) >= 11 is 0. The fourth-order valence-corrected chi connectivity index (χ4v) is 4.57. The molecule has 0 spiro atoms. The zero-order chi connectivity index (χ0) is 21.8. The van der Waals surface area contributed by atoms with Crippen molar-refractivity contribution in [2.75, 3.05) is 11.4 Å². The summed E-state index contributed by atoms with van der Waals surface area (Å²) in [6.07, 6.45) is 6.79. The molecule has 1 unspecified atom stereocenters. The Hall–Kier alpha value is -3.06. The van der Waals surface area contributed by atoms with Crippen molar-refractivity contribution in [1.29, 1.82) is 0 Å². The van der Waals surface area contributed by atoms with Gasteiger partial charge in [0.05, 0.1) is 11.7 Å². The predicted molar refractivity (Wildman–Crippen MR) is 128 cm³/mol. The third kappa shape index (κ3) is 4.23. The van der Waals surface area contributed by atoms with Gasteiger partial charge in [-0.05, 0) is 43.0 Å². The van der Waals surface area contributed by atoms with Crippen LogP contribution in [0.5, 0.6) is 0 Å². The monoisotopic (exact) mass is 412 g/mol. The molecule has 1 N–H and O–H groups in total. The second kappa shape index (κ2) is 8.98. The maximum atomic E-state index is 4.66. The number of fused-ring (bicyclic) bond motifs is 1. The van der Waals surface area contributed by atoms with Crippen LogP contribution < -0.4 is 4.90 Å². The molecule has 3 heterocycles. The summed E-state index contributed by atoms with van der Waals surface area (Å²) in [7, 11) is 0. The molecule has 0 saturated heterocycles. The molecule has 2 aromatic heterocycles. The number of rotatable bonds is 6. The molecule has 31 heavy (non-hydrogen) atoms. The second-order valence-electron chi connectivity index (χ2n) is 8.93. The first-order chi connectivity index (χ1) is 15.0. The number of aromatic nitrogens is 3. The summed E-state index contributed by atoms with van der Waals surface area (Å²) in [5.74, 6) is 7.93. The van der Waals surface area contributed by atoms with Crippen LogP contribution in [0.4, 0.5) is 5.69 Å². The van der Waals surface area contributed by atoms with Gasteiger partial charge in [0.2, 0.25) is 0 Å². The Kier molecular flexibility index (Phi) is 6.13. The van der Waals surface area contributed by atoms with E-state index >= 15 is 0 Å². The number of pyridine rings is 1. The Bertz CT molecular complexity index is 1090. The van der Waals surface area contributed by atoms with Gasteiger partial charge in [-0.25, -0.2) is 4.98 Å². The fourth-order valence-electron chi connectivity index (χ4n) is 4.57. The molecule has 0 radical (unpaired) electrons. The van der Waals surface area contributed by atoms with Crippen LogP contribution >= 0.6 is 0 Å². The number of para-hydroxylation sites is 1. The number of anilines is 1. The lowest BCUT2D eigenvalue weighted by atomic mass is 9.80. The molecule has 0 saturated carbocycles. The zero-order valence-electron chi connectivity index (χ0n) is 19.1. The van der Waals surface area contributed by atoms with Crippen molar-refractivity contribution in [3.05, 3.63) is 65.7 Å². The smallest absolute Gasteiger partial charge is 0.123 e. The highest BCUT2D eigenvalue weighted by atomic mass is 15.2. The summed E-state index contributed by atoms with van der Waals surface area (Å²) in [5, 5.41) is 0. The number of nitrogens with one attached hydrogen (secondary N) is 1. The van der Waals surface area contributed by atoms with E-state index in [-0.39, 0.29) is 11.5 Å². The van der Waals surface area contributed by atoms with Crippen molar-refractivity contribution in [3.8, 4) is 23.2 Å². The molecular weight excluding hydrogens is 380 g/mol. The minimum atomic E-state index is -0.0470. The number of hydrogen-bond acceptors (Lipinski definition) is 3. The molecule has 0 bridgehead atoms. The molecule has 160 valence electrons. The highest BCUT2D eigenvalue weighted by Gasteiger charge is 2.43. The fraction of sp³-hybridized carbons (Fsp3) is 0.407. The second-order valence-corrected chi connectivity index (χ2v) is 8.93. The molecule has 4 nitrogen and oxygen atoms in total. The normalized spacial score (nSPS) is 16.6. The van der Waals surface area contributed by atoms with Gasteiger partial charge in [0.1, 0.15) is 17.2 Å². The molecule has 3 aromatic rings. The molecule has 4 heteroatoms. The lowest BCUT2D eigenvalue weighted by molar-refractivity contribution is 0.479. The highest BCUT2D eigenvalue weighted by Crippen LogP contribution is 2.45. The van der Waals surface area contributed by atoms with Crippen LogP contribution in [0.25, 0.3) is 11.4 Å². The Morgan fingerprint density at radius 2 is 1.87 bits per heavy atom. The van der Waals surface area contributed by atoms with Crippen LogP contribution in [-0.2, 0) is 5.41 Å². The Labute approximate surface area is 186 Å². The van der Waals surface area contributed by atoms with Crippen molar-refractivity contribution in [3.63, 3.8) is 0 Å². The first-order valence-electron chi connectivity index (χ1n) is 11.4. The van der Waals surface area contributed by atoms with Gasteiger partial charge in [-0.3, -0.25) is 4.98 Å². The first kappa shape index (κ1) is 21.2. The van der Waals surface area contributed by atoms with Crippen LogP contribution in [0.2, 0.25) is 0 Å². The number of imidazole rings is 1. The first-order valence-corrected chi connectivity index (χ1v) is 11.4. The largest absolute Gasteiger partial charge is 0.357 e. The highest BCUT2D eigenvalue weighted by molar-refractivity contribution is 5.67. The summed E-state index contributed by atoms with van der Waals surface area (Å²) in [5.41, 5.74) is 5.18. The van der Waals surface area contributed by atoms with Crippen LogP contribution in [0.1, 0.15) is 63.5 Å². The van der Waals surface area contributed by atoms with E-state index in [0.29, 0.717) is 0 Å². The summed E-state index contributed by atoms with van der Waals surface area (Å²) < 4.78 is 0. The van der Waals surface area contributed by atoms with Crippen molar-refractivity contribution in [1.82, 2.24) is 15.0 Å². The minimum absolute atomic E-state index is 0.0470. The van der Waals surface area contributed by atoms with Gasteiger partial charge >= 0.3 is 0 Å². The van der Waals surface area contributed by atoms with Gasteiger partial charge in [0.15, 0.2) is 0 Å². The van der Waals surface area contributed by atoms with Crippen molar-refractivity contribution in [2.45, 2.75) is 64.8 Å². The lowest BCUT2D eigenvalue weighted by Crippen LogP contribution is -2.41. The van der Waals surface area contributed by atoms with Crippen LogP contribution in [0.3, 0.4) is 0 Å². The lowest BCUT2D eigenvalue weighted by Gasteiger charge is -2.30. The van der Waals surface area contributed by atoms with Crippen LogP contribution in [0.15, 0.2) is 48.7 Å². The maximum Gasteiger partial charge on any atom is 0.123 e. The summed E-state index contributed by atoms with van der Waals surface area (Å²) in [6.45, 7) is 9.89. The van der Waals surface area contributed by atoms with Crippen molar-refractivity contribution >= 4 is 5.69 Å². The summed E-state index contributed by atoms with van der Waals surface area (Å²) in [6, 6.07) is 14.8. The van der Waals surface area contributed by atoms with Crippen molar-refractivity contribution < 1.29 is 0 Å². The topological polar surface area (TPSA) is 44.8 Å². The van der Waals surface area contributed by atoms with Gasteiger partial charge in [-0.15, -0.1) is 0 Å². The number of H-pyrrole nitrogens is 1. The van der Waals surface area contributed by atoms with Gasteiger partial charge in [0, 0.05) is 23.8 Å². The predicted octanol–water partition coefficient (Wildman–Crippen LogP) is 5.88. The molecule has 1 aliphatic rings. The number of benzene rings is 1. The van der Waals surface area contributed by atoms with Crippen molar-refractivity contribution in [2.24, 2.45) is 0 Å². The number of hydrogen-bond donors (Lipinski definition) is 1. The van der Waals surface area contributed by atoms with Gasteiger partial charge < -0.3 is 9.88 Å². The average Bonchev–Trinajstić information content (AvgIpc) is 3.25. The van der Waals surface area contributed by atoms with E-state index in [4.69, 9.17) is 0 Å². The number of nitrogens with zero attached hydrogens (tertiary/aromatic N) is 3. The van der Waals surface area contributed by atoms with E-state index in [1.165, 1.54) is 36.9 Å². The standard InChI is InChI=1S/C27H32N4/c1-5-6-7-12-19-31-24-15-9-8-13-21(24)27(3,4)25(31)17-16-23-26(30-20(2)29-23)22-14-10-11-18-28-22/h8-11,13-15,18,25H,5-7,12,19H2,1-4H3,(H,29,30). The summed E-state index contributed by atoms with van der Waals surface area (Å²) in [4.78, 5) is 15.0. The van der Waals surface area contributed by atoms with Gasteiger partial charge in [-0.1, -0.05) is 70.2 Å². The maximum absolute atomic E-state index is 4.66. The molecule has 0 fully saturated rings. The molecule has 1 aromatic carbocycles. The number of unbranched alkanes of at least 4 members (excludes halogenated alkanes) is 3. The van der Waals surface area contributed by atoms with E-state index < -0.39 is 0 Å². The van der Waals surface area contributed by atoms with E-state index in [2.05, 4.69) is 76.7 Å². The van der Waals surface area contributed by atoms with E-state index in [1.54, 1.807) is 6.20 Å². The van der Waals surface area contributed by atoms with E-state index in [0.717, 1.165) is 29.5 Å². The molecule has 4 rings (SSSR count). The molecule has 1 aliphatic heterocycles. The van der Waals surface area contributed by atoms with Gasteiger partial charge in [-0.2, -0.15) is 0 Å². The third-order valence-electron chi connectivity index (χ3n) is 6.22. The average molecular weight is 413 g/mol. The third-order valence-corrected chi connectivity index (χ3v) is 6.22. The SMILES string of the molecule is CCCCCCN1c2ccccc2C(C)(C)C1C#Cc1[nH]c(C)nc1-c1ccccn1. The van der Waals surface area contributed by atoms with Gasteiger partial charge in [0.25, 0.3) is 0 Å². The van der Waals surface area contributed by atoms with Crippen LogP contribution in [0, 0.1) is 18.8 Å². The van der Waals surface area contributed by atoms with E-state index in [9.17, 15) is 0 Å². The number of aromatic amines is 1. The van der Waals surface area contributed by atoms with E-state index in [1.807, 2.05) is 25.1 Å². The minimum Gasteiger partial charge on any atom is -0.357 e. The molecule has 1 atom stereocenters. The molecular formula is C27H32N4. The van der Waals surface area contributed by atoms with Crippen LogP contribution in [-0.4, -0.2) is 27.5 Å². The molecule has 0 aliphatic carbocycles. The Balaban J connectivity index is 1.69. The Morgan fingerprint density at radius 3 is 2.65 bits per heavy atom. The Morgan fingerprint density at radius 1 is 1.06 bits per heavy atom. The zero-order valence-corrected chi connectivity index (χ0v) is 19.1. The molecule has 0 amide bonds. The quantitative estimate of drug-likeness (QED) is 0.406.